The highest BCUT2D eigenvalue weighted by molar-refractivity contribution is 6.43. The van der Waals surface area contributed by atoms with Crippen LogP contribution in [-0.2, 0) is 24.0 Å². The van der Waals surface area contributed by atoms with Crippen LogP contribution in [0.1, 0.15) is 61.4 Å². The van der Waals surface area contributed by atoms with Crippen LogP contribution in [0.4, 0.5) is 0 Å². The minimum absolute atomic E-state index is 0.00613. The van der Waals surface area contributed by atoms with Gasteiger partial charge in [0.2, 0.25) is 11.7 Å². The number of aldehydes is 1. The largest absolute Gasteiger partial charge is 0.481 e. The molecule has 0 aliphatic heterocycles. The van der Waals surface area contributed by atoms with Gasteiger partial charge in [-0.05, 0) is 23.8 Å². The van der Waals surface area contributed by atoms with Crippen LogP contribution in [0, 0.1) is 5.92 Å². The van der Waals surface area contributed by atoms with Crippen molar-refractivity contribution in [1.82, 2.24) is 10.6 Å². The molecule has 0 saturated heterocycles. The van der Waals surface area contributed by atoms with Crippen LogP contribution in [0.15, 0.2) is 60.7 Å². The average molecular weight is 509 g/mol. The van der Waals surface area contributed by atoms with E-state index in [4.69, 9.17) is 5.11 Å². The van der Waals surface area contributed by atoms with Crippen LogP contribution in [0.2, 0.25) is 0 Å². The number of nitrogens with one attached hydrogen (secondary N) is 2. The third kappa shape index (κ3) is 9.44. The van der Waals surface area contributed by atoms with E-state index in [1.165, 1.54) is 12.1 Å². The third-order valence-electron chi connectivity index (χ3n) is 5.89. The number of Topliss-reactive ketones (excluding diaryl/α,β-unsaturated/α-hetero) is 2. The van der Waals surface area contributed by atoms with E-state index in [9.17, 15) is 28.8 Å². The molecular formula is C28H32N2O7. The highest BCUT2D eigenvalue weighted by atomic mass is 16.4. The van der Waals surface area contributed by atoms with Gasteiger partial charge in [0.15, 0.2) is 5.78 Å². The summed E-state index contributed by atoms with van der Waals surface area (Å²) in [7, 11) is 0. The first-order chi connectivity index (χ1) is 17.6. The van der Waals surface area contributed by atoms with E-state index < -0.39 is 42.1 Å². The lowest BCUT2D eigenvalue weighted by molar-refractivity contribution is -0.138. The van der Waals surface area contributed by atoms with Gasteiger partial charge in [0.05, 0.1) is 18.5 Å². The van der Waals surface area contributed by atoms with E-state index in [2.05, 4.69) is 10.6 Å². The molecular weight excluding hydrogens is 476 g/mol. The van der Waals surface area contributed by atoms with Crippen molar-refractivity contribution < 1.29 is 33.9 Å². The molecule has 2 amide bonds. The highest BCUT2D eigenvalue weighted by Crippen LogP contribution is 2.27. The molecule has 2 rings (SSSR count). The molecule has 0 bridgehead atoms. The van der Waals surface area contributed by atoms with Crippen molar-refractivity contribution in [2.45, 2.75) is 57.5 Å². The molecule has 0 saturated carbocycles. The molecule has 37 heavy (non-hydrogen) atoms. The number of benzene rings is 2. The monoisotopic (exact) mass is 508 g/mol. The van der Waals surface area contributed by atoms with Gasteiger partial charge in [-0.15, -0.1) is 0 Å². The van der Waals surface area contributed by atoms with Crippen LogP contribution in [0.25, 0.3) is 0 Å². The molecule has 0 aliphatic carbocycles. The molecule has 3 atom stereocenters. The Morgan fingerprint density at radius 1 is 0.865 bits per heavy atom. The van der Waals surface area contributed by atoms with E-state index >= 15 is 0 Å². The second-order valence-corrected chi connectivity index (χ2v) is 9.11. The molecule has 0 aliphatic rings. The maximum atomic E-state index is 13.3. The second kappa shape index (κ2) is 14.4. The van der Waals surface area contributed by atoms with Crippen molar-refractivity contribution in [3.63, 3.8) is 0 Å². The van der Waals surface area contributed by atoms with Crippen LogP contribution in [0.3, 0.4) is 0 Å². The standard InChI is InChI=1S/C28H32N2O7/c1-18(2)26(30-28(37)27(36)20-11-7-4-8-12-20)23(32)15-21(19-9-5-3-6-10-19)13-14-24(33)29-22(17-31)16-25(34)35/h3-12,17-18,21-22,26H,13-16H2,1-2H3,(H,29,33)(H,30,37)(H,34,35). The maximum Gasteiger partial charge on any atom is 0.305 e. The van der Waals surface area contributed by atoms with Gasteiger partial charge < -0.3 is 20.5 Å². The van der Waals surface area contributed by atoms with Crippen molar-refractivity contribution >= 4 is 35.6 Å². The molecule has 2 aromatic carbocycles. The zero-order chi connectivity index (χ0) is 27.4. The van der Waals surface area contributed by atoms with Crippen molar-refractivity contribution in [2.75, 3.05) is 0 Å². The molecule has 9 heteroatoms. The van der Waals surface area contributed by atoms with Crippen LogP contribution < -0.4 is 10.6 Å². The number of carbonyl (C=O) groups is 6. The minimum Gasteiger partial charge on any atom is -0.481 e. The topological polar surface area (TPSA) is 147 Å². The summed E-state index contributed by atoms with van der Waals surface area (Å²) in [5.41, 5.74) is 1.04. The quantitative estimate of drug-likeness (QED) is 0.190. The number of hydrogen-bond acceptors (Lipinski definition) is 6. The van der Waals surface area contributed by atoms with Crippen molar-refractivity contribution in [2.24, 2.45) is 5.92 Å². The number of carboxylic acid groups (broad SMARTS) is 1. The lowest BCUT2D eigenvalue weighted by Gasteiger charge is -2.24. The third-order valence-corrected chi connectivity index (χ3v) is 5.89. The lowest BCUT2D eigenvalue weighted by Crippen LogP contribution is -2.47. The Morgan fingerprint density at radius 3 is 2.00 bits per heavy atom. The Balaban J connectivity index is 2.11. The summed E-state index contributed by atoms with van der Waals surface area (Å²) in [6.45, 7) is 3.53. The molecule has 0 heterocycles. The summed E-state index contributed by atoms with van der Waals surface area (Å²) in [5.74, 6) is -4.27. The molecule has 3 unspecified atom stereocenters. The van der Waals surface area contributed by atoms with Gasteiger partial charge in [-0.25, -0.2) is 0 Å². The average Bonchev–Trinajstić information content (AvgIpc) is 2.89. The van der Waals surface area contributed by atoms with Gasteiger partial charge >= 0.3 is 5.97 Å². The molecule has 0 fully saturated rings. The Kier molecular flexibility index (Phi) is 11.3. The maximum absolute atomic E-state index is 13.3. The van der Waals surface area contributed by atoms with Gasteiger partial charge in [-0.3, -0.25) is 24.0 Å². The summed E-state index contributed by atoms with van der Waals surface area (Å²) >= 11 is 0. The van der Waals surface area contributed by atoms with Gasteiger partial charge in [0.1, 0.15) is 6.29 Å². The number of carbonyl (C=O) groups excluding carboxylic acids is 5. The summed E-state index contributed by atoms with van der Waals surface area (Å²) in [6, 6.07) is 15.1. The summed E-state index contributed by atoms with van der Waals surface area (Å²) in [6.07, 6.45) is 0.0697. The molecule has 0 aromatic heterocycles. The first-order valence-corrected chi connectivity index (χ1v) is 12.1. The van der Waals surface area contributed by atoms with E-state index in [1.807, 2.05) is 30.3 Å². The molecule has 0 radical (unpaired) electrons. The second-order valence-electron chi connectivity index (χ2n) is 9.11. The number of hydrogen-bond donors (Lipinski definition) is 3. The summed E-state index contributed by atoms with van der Waals surface area (Å²) < 4.78 is 0. The normalized spacial score (nSPS) is 13.2. The first-order valence-electron chi connectivity index (χ1n) is 12.1. The van der Waals surface area contributed by atoms with Crippen molar-refractivity contribution in [3.05, 3.63) is 71.8 Å². The number of carboxylic acids is 1. The van der Waals surface area contributed by atoms with E-state index in [0.29, 0.717) is 6.29 Å². The zero-order valence-electron chi connectivity index (χ0n) is 20.9. The van der Waals surface area contributed by atoms with Crippen molar-refractivity contribution in [1.29, 1.82) is 0 Å². The van der Waals surface area contributed by atoms with E-state index in [1.54, 1.807) is 32.0 Å². The number of aliphatic carboxylic acids is 1. The SMILES string of the molecule is CC(C)C(NC(=O)C(=O)c1ccccc1)C(=O)CC(CCC(=O)NC(C=O)CC(=O)O)c1ccccc1. The Bertz CT molecular complexity index is 1100. The van der Waals surface area contributed by atoms with Crippen LogP contribution in [-0.4, -0.2) is 52.8 Å². The Hall–Kier alpha value is -4.14. The van der Waals surface area contributed by atoms with Gasteiger partial charge in [-0.2, -0.15) is 0 Å². The smallest absolute Gasteiger partial charge is 0.305 e. The minimum atomic E-state index is -1.21. The predicted molar refractivity (Wildman–Crippen MR) is 136 cm³/mol. The Labute approximate surface area is 215 Å². The Morgan fingerprint density at radius 2 is 1.46 bits per heavy atom. The number of amides is 2. The molecule has 3 N–H and O–H groups in total. The fourth-order valence-electron chi connectivity index (χ4n) is 3.93. The fourth-order valence-corrected chi connectivity index (χ4v) is 3.93. The van der Waals surface area contributed by atoms with Gasteiger partial charge in [0.25, 0.3) is 5.91 Å². The molecule has 9 nitrogen and oxygen atoms in total. The van der Waals surface area contributed by atoms with Crippen molar-refractivity contribution in [3.8, 4) is 0 Å². The van der Waals surface area contributed by atoms with Gasteiger partial charge in [0, 0.05) is 18.4 Å². The number of ketones is 2. The zero-order valence-corrected chi connectivity index (χ0v) is 20.9. The van der Waals surface area contributed by atoms with E-state index in [-0.39, 0.29) is 42.4 Å². The van der Waals surface area contributed by atoms with Crippen LogP contribution in [0.5, 0.6) is 0 Å². The lowest BCUT2D eigenvalue weighted by atomic mass is 9.85. The predicted octanol–water partition coefficient (Wildman–Crippen LogP) is 2.69. The van der Waals surface area contributed by atoms with E-state index in [0.717, 1.165) is 5.56 Å². The number of rotatable bonds is 15. The molecule has 196 valence electrons. The van der Waals surface area contributed by atoms with Gasteiger partial charge in [-0.1, -0.05) is 74.5 Å². The molecule has 0 spiro atoms. The highest BCUT2D eigenvalue weighted by Gasteiger charge is 2.29. The summed E-state index contributed by atoms with van der Waals surface area (Å²) in [4.78, 5) is 72.7. The van der Waals surface area contributed by atoms with Crippen LogP contribution >= 0.6 is 0 Å². The summed E-state index contributed by atoms with van der Waals surface area (Å²) in [5, 5.41) is 13.8. The molecule has 2 aromatic rings. The fraction of sp³-hybridized carbons (Fsp3) is 0.357. The first kappa shape index (κ1) is 29.1.